The maximum absolute atomic E-state index is 13.8. The molecule has 0 saturated heterocycles. The molecule has 0 N–H and O–H groups in total. The van der Waals surface area contributed by atoms with E-state index in [9.17, 15) is 18.0 Å². The second-order valence-electron chi connectivity index (χ2n) is 7.75. The summed E-state index contributed by atoms with van der Waals surface area (Å²) >= 11 is 0. The third kappa shape index (κ3) is 3.04. The molecule has 3 aromatic heterocycles. The van der Waals surface area contributed by atoms with Gasteiger partial charge in [-0.15, -0.1) is 0 Å². The molecule has 0 bridgehead atoms. The normalized spacial score (nSPS) is 15.8. The second kappa shape index (κ2) is 7.44. The van der Waals surface area contributed by atoms with E-state index in [0.29, 0.717) is 41.0 Å². The van der Waals surface area contributed by atoms with Crippen LogP contribution in [-0.4, -0.2) is 37.1 Å². The standard InChI is InChI=1S/C23H18F3N5O/c1-12-20-16(21(30(2)29-20)13-10-17(24)19(26)18(25)11-13)6-9-31(12)23(32)15-5-8-28-22-14(15)4-3-7-27-22/h3-5,7-8,10-12H,6,9H2,1-2H3/t12-/m0/s1. The summed E-state index contributed by atoms with van der Waals surface area (Å²) in [6, 6.07) is 6.79. The number of rotatable bonds is 2. The summed E-state index contributed by atoms with van der Waals surface area (Å²) < 4.78 is 42.7. The Morgan fingerprint density at radius 1 is 1.09 bits per heavy atom. The Kier molecular flexibility index (Phi) is 4.69. The van der Waals surface area contributed by atoms with Crippen LogP contribution < -0.4 is 0 Å². The molecule has 5 rings (SSSR count). The molecule has 0 aliphatic carbocycles. The van der Waals surface area contributed by atoms with E-state index in [1.165, 1.54) is 4.68 Å². The van der Waals surface area contributed by atoms with E-state index in [1.54, 1.807) is 42.5 Å². The quantitative estimate of drug-likeness (QED) is 0.441. The molecule has 0 fully saturated rings. The molecule has 0 saturated carbocycles. The van der Waals surface area contributed by atoms with Gasteiger partial charge in [0.15, 0.2) is 23.1 Å². The lowest BCUT2D eigenvalue weighted by molar-refractivity contribution is 0.0675. The van der Waals surface area contributed by atoms with E-state index in [2.05, 4.69) is 15.1 Å². The van der Waals surface area contributed by atoms with Gasteiger partial charge in [0.2, 0.25) is 0 Å². The van der Waals surface area contributed by atoms with Gasteiger partial charge in [-0.1, -0.05) is 0 Å². The molecule has 32 heavy (non-hydrogen) atoms. The Bertz CT molecular complexity index is 1360. The molecule has 4 aromatic rings. The van der Waals surface area contributed by atoms with E-state index < -0.39 is 17.5 Å². The van der Waals surface area contributed by atoms with Crippen molar-refractivity contribution < 1.29 is 18.0 Å². The summed E-state index contributed by atoms with van der Waals surface area (Å²) in [5, 5.41) is 5.20. The fourth-order valence-corrected chi connectivity index (χ4v) is 4.40. The number of pyridine rings is 2. The molecule has 0 unspecified atom stereocenters. The number of hydrogen-bond donors (Lipinski definition) is 0. The predicted octanol–water partition coefficient (Wildman–Crippen LogP) is 4.21. The van der Waals surface area contributed by atoms with Gasteiger partial charge in [-0.3, -0.25) is 9.48 Å². The molecule has 1 amide bonds. The van der Waals surface area contributed by atoms with Gasteiger partial charge in [-0.05, 0) is 43.7 Å². The zero-order valence-electron chi connectivity index (χ0n) is 17.3. The minimum atomic E-state index is -1.51. The average molecular weight is 437 g/mol. The van der Waals surface area contributed by atoms with Crippen LogP contribution in [0.2, 0.25) is 0 Å². The third-order valence-electron chi connectivity index (χ3n) is 5.91. The molecule has 0 spiro atoms. The number of benzene rings is 1. The smallest absolute Gasteiger partial charge is 0.255 e. The molecule has 1 aliphatic rings. The molecule has 4 heterocycles. The molecule has 6 nitrogen and oxygen atoms in total. The van der Waals surface area contributed by atoms with E-state index >= 15 is 0 Å². The lowest BCUT2D eigenvalue weighted by atomic mass is 9.94. The highest BCUT2D eigenvalue weighted by molar-refractivity contribution is 6.05. The number of carbonyl (C=O) groups excluding carboxylic acids is 1. The molecule has 1 atom stereocenters. The zero-order chi connectivity index (χ0) is 22.6. The van der Waals surface area contributed by atoms with Crippen LogP contribution in [0.4, 0.5) is 13.2 Å². The van der Waals surface area contributed by atoms with Crippen molar-refractivity contribution in [2.45, 2.75) is 19.4 Å². The summed E-state index contributed by atoms with van der Waals surface area (Å²) in [5.41, 5.74) is 3.13. The second-order valence-corrected chi connectivity index (χ2v) is 7.75. The molecular weight excluding hydrogens is 419 g/mol. The first-order chi connectivity index (χ1) is 15.4. The molecule has 9 heteroatoms. The summed E-state index contributed by atoms with van der Waals surface area (Å²) in [5.74, 6) is -4.19. The van der Waals surface area contributed by atoms with E-state index in [-0.39, 0.29) is 17.5 Å². The van der Waals surface area contributed by atoms with Gasteiger partial charge in [0.05, 0.1) is 23.0 Å². The van der Waals surface area contributed by atoms with Gasteiger partial charge >= 0.3 is 0 Å². The summed E-state index contributed by atoms with van der Waals surface area (Å²) in [4.78, 5) is 23.5. The fourth-order valence-electron chi connectivity index (χ4n) is 4.40. The largest absolute Gasteiger partial charge is 0.330 e. The number of carbonyl (C=O) groups is 1. The van der Waals surface area contributed by atoms with Crippen LogP contribution in [0.3, 0.4) is 0 Å². The Labute approximate surface area is 181 Å². The van der Waals surface area contributed by atoms with Crippen molar-refractivity contribution in [3.63, 3.8) is 0 Å². The Morgan fingerprint density at radius 2 is 1.81 bits per heavy atom. The lowest BCUT2D eigenvalue weighted by Crippen LogP contribution is -2.39. The van der Waals surface area contributed by atoms with Gasteiger partial charge < -0.3 is 4.90 Å². The minimum absolute atomic E-state index is 0.172. The number of aromatic nitrogens is 4. The van der Waals surface area contributed by atoms with Crippen molar-refractivity contribution in [2.75, 3.05) is 6.54 Å². The van der Waals surface area contributed by atoms with Crippen LogP contribution >= 0.6 is 0 Å². The Morgan fingerprint density at radius 3 is 2.56 bits per heavy atom. The van der Waals surface area contributed by atoms with Crippen LogP contribution in [0, 0.1) is 17.5 Å². The molecular formula is C23H18F3N5O. The average Bonchev–Trinajstić information content (AvgIpc) is 3.13. The fraction of sp³-hybridized carbons (Fsp3) is 0.217. The van der Waals surface area contributed by atoms with Gasteiger partial charge in [0, 0.05) is 42.5 Å². The van der Waals surface area contributed by atoms with Crippen molar-refractivity contribution in [1.82, 2.24) is 24.6 Å². The highest BCUT2D eigenvalue weighted by Crippen LogP contribution is 2.37. The maximum Gasteiger partial charge on any atom is 0.255 e. The number of amides is 1. The van der Waals surface area contributed by atoms with Crippen LogP contribution in [0.1, 0.15) is 34.6 Å². The lowest BCUT2D eigenvalue weighted by Gasteiger charge is -2.33. The van der Waals surface area contributed by atoms with Crippen LogP contribution in [0.15, 0.2) is 42.7 Å². The van der Waals surface area contributed by atoms with E-state index in [1.807, 2.05) is 6.92 Å². The van der Waals surface area contributed by atoms with Crippen molar-refractivity contribution in [1.29, 1.82) is 0 Å². The summed E-state index contributed by atoms with van der Waals surface area (Å²) in [7, 11) is 1.66. The van der Waals surface area contributed by atoms with Gasteiger partial charge in [-0.25, -0.2) is 23.1 Å². The first kappa shape index (κ1) is 20.2. The monoisotopic (exact) mass is 437 g/mol. The van der Waals surface area contributed by atoms with E-state index in [4.69, 9.17) is 0 Å². The molecule has 1 aromatic carbocycles. The van der Waals surface area contributed by atoms with Crippen molar-refractivity contribution >= 4 is 16.9 Å². The highest BCUT2D eigenvalue weighted by atomic mass is 19.2. The van der Waals surface area contributed by atoms with Crippen molar-refractivity contribution in [3.8, 4) is 11.3 Å². The molecule has 0 radical (unpaired) electrons. The molecule has 1 aliphatic heterocycles. The number of aryl methyl sites for hydroxylation is 1. The maximum atomic E-state index is 13.8. The topological polar surface area (TPSA) is 63.9 Å². The first-order valence-corrected chi connectivity index (χ1v) is 10.1. The minimum Gasteiger partial charge on any atom is -0.330 e. The SMILES string of the molecule is C[C@H]1c2nn(C)c(-c3cc(F)c(F)c(F)c3)c2CCN1C(=O)c1ccnc2ncccc12. The van der Waals surface area contributed by atoms with Crippen LogP contribution in [0.5, 0.6) is 0 Å². The van der Waals surface area contributed by atoms with Crippen LogP contribution in [-0.2, 0) is 13.5 Å². The zero-order valence-corrected chi connectivity index (χ0v) is 17.3. The Hall–Kier alpha value is -3.75. The Balaban J connectivity index is 1.54. The number of fused-ring (bicyclic) bond motifs is 2. The third-order valence-corrected chi connectivity index (χ3v) is 5.91. The van der Waals surface area contributed by atoms with E-state index in [0.717, 1.165) is 17.7 Å². The summed E-state index contributed by atoms with van der Waals surface area (Å²) in [6.45, 7) is 2.25. The summed E-state index contributed by atoms with van der Waals surface area (Å²) in [6.07, 6.45) is 3.62. The first-order valence-electron chi connectivity index (χ1n) is 10.1. The molecule has 162 valence electrons. The number of nitrogens with zero attached hydrogens (tertiary/aromatic N) is 5. The van der Waals surface area contributed by atoms with Crippen molar-refractivity contribution in [3.05, 3.63) is 77.0 Å². The highest BCUT2D eigenvalue weighted by Gasteiger charge is 2.34. The number of halogens is 3. The predicted molar refractivity (Wildman–Crippen MR) is 111 cm³/mol. The van der Waals surface area contributed by atoms with Gasteiger partial charge in [0.1, 0.15) is 0 Å². The van der Waals surface area contributed by atoms with Gasteiger partial charge in [-0.2, -0.15) is 5.10 Å². The number of hydrogen-bond acceptors (Lipinski definition) is 4. The van der Waals surface area contributed by atoms with Crippen molar-refractivity contribution in [2.24, 2.45) is 7.05 Å². The van der Waals surface area contributed by atoms with Crippen LogP contribution in [0.25, 0.3) is 22.3 Å². The van der Waals surface area contributed by atoms with Gasteiger partial charge in [0.25, 0.3) is 5.91 Å².